The molecule has 0 aliphatic carbocycles. The molecule has 1 unspecified atom stereocenters. The zero-order valence-electron chi connectivity index (χ0n) is 15.0. The van der Waals surface area contributed by atoms with Crippen LogP contribution in [0.25, 0.3) is 0 Å². The van der Waals surface area contributed by atoms with Gasteiger partial charge in [-0.15, -0.1) is 0 Å². The summed E-state index contributed by atoms with van der Waals surface area (Å²) in [6, 6.07) is 0. The Morgan fingerprint density at radius 2 is 1.71 bits per heavy atom. The maximum Gasteiger partial charge on any atom is 0.333 e. The number of aliphatic hydroxyl groups is 1. The third kappa shape index (κ3) is 10.7. The maximum absolute atomic E-state index is 11.4. The van der Waals surface area contributed by atoms with Crippen LogP contribution in [0.2, 0.25) is 0 Å². The second kappa shape index (κ2) is 13.3. The first-order valence-electron chi connectivity index (χ1n) is 8.95. The van der Waals surface area contributed by atoms with Crippen molar-refractivity contribution >= 4 is 5.97 Å². The molecular formula is C17H34N4O3. The van der Waals surface area contributed by atoms with Gasteiger partial charge in [-0.3, -0.25) is 4.90 Å². The van der Waals surface area contributed by atoms with E-state index >= 15 is 0 Å². The second-order valence-electron chi connectivity index (χ2n) is 6.29. The van der Waals surface area contributed by atoms with Crippen LogP contribution in [0.3, 0.4) is 0 Å². The van der Waals surface area contributed by atoms with Crippen LogP contribution in [0.15, 0.2) is 12.2 Å². The highest BCUT2D eigenvalue weighted by molar-refractivity contribution is 5.86. The minimum Gasteiger partial charge on any atom is -0.460 e. The molecule has 0 spiro atoms. The lowest BCUT2D eigenvalue weighted by atomic mass is 10.3. The van der Waals surface area contributed by atoms with Crippen LogP contribution < -0.4 is 16.0 Å². The van der Waals surface area contributed by atoms with Crippen LogP contribution >= 0.6 is 0 Å². The van der Waals surface area contributed by atoms with Crippen LogP contribution in [0.1, 0.15) is 19.8 Å². The van der Waals surface area contributed by atoms with E-state index in [4.69, 9.17) is 4.74 Å². The van der Waals surface area contributed by atoms with Gasteiger partial charge in [-0.25, -0.2) is 4.79 Å². The van der Waals surface area contributed by atoms with Gasteiger partial charge in [-0.05, 0) is 45.9 Å². The first-order valence-corrected chi connectivity index (χ1v) is 8.95. The van der Waals surface area contributed by atoms with E-state index in [0.29, 0.717) is 12.1 Å². The van der Waals surface area contributed by atoms with Gasteiger partial charge in [0.1, 0.15) is 12.7 Å². The fraction of sp³-hybridized carbons (Fsp3) is 0.824. The van der Waals surface area contributed by atoms with Gasteiger partial charge in [-0.2, -0.15) is 0 Å². The molecule has 0 radical (unpaired) electrons. The molecule has 24 heavy (non-hydrogen) atoms. The number of hydrogen-bond donors (Lipinski definition) is 4. The van der Waals surface area contributed by atoms with Gasteiger partial charge >= 0.3 is 5.97 Å². The first kappa shape index (κ1) is 21.1. The maximum atomic E-state index is 11.4. The summed E-state index contributed by atoms with van der Waals surface area (Å²) in [6.45, 7) is 13.3. The average Bonchev–Trinajstić information content (AvgIpc) is 2.55. The summed E-state index contributed by atoms with van der Waals surface area (Å²) >= 11 is 0. The molecule has 1 saturated heterocycles. The van der Waals surface area contributed by atoms with Crippen molar-refractivity contribution in [2.75, 3.05) is 65.5 Å². The summed E-state index contributed by atoms with van der Waals surface area (Å²) < 4.78 is 5.02. The smallest absolute Gasteiger partial charge is 0.333 e. The molecule has 4 N–H and O–H groups in total. The van der Waals surface area contributed by atoms with Gasteiger partial charge in [0.05, 0.1) is 0 Å². The van der Waals surface area contributed by atoms with Crippen LogP contribution in [0.4, 0.5) is 0 Å². The van der Waals surface area contributed by atoms with Crippen LogP contribution in [0.5, 0.6) is 0 Å². The number of aliphatic hydroxyl groups excluding tert-OH is 1. The molecule has 1 atom stereocenters. The Balaban J connectivity index is 2.33. The fourth-order valence-corrected chi connectivity index (χ4v) is 2.50. The number of ether oxygens (including phenoxy) is 1. The number of hydrogen-bond acceptors (Lipinski definition) is 7. The van der Waals surface area contributed by atoms with E-state index in [0.717, 1.165) is 65.2 Å². The largest absolute Gasteiger partial charge is 0.460 e. The van der Waals surface area contributed by atoms with E-state index < -0.39 is 12.1 Å². The molecule has 1 aliphatic heterocycles. The predicted molar refractivity (Wildman–Crippen MR) is 96.1 cm³/mol. The topological polar surface area (TPSA) is 85.9 Å². The van der Waals surface area contributed by atoms with Gasteiger partial charge in [0.25, 0.3) is 0 Å². The number of carbonyl (C=O) groups excluding carboxylic acids is 1. The molecule has 0 aromatic rings. The summed E-state index contributed by atoms with van der Waals surface area (Å²) in [7, 11) is 0. The summed E-state index contributed by atoms with van der Waals surface area (Å²) in [6.07, 6.45) is 1.46. The van der Waals surface area contributed by atoms with Crippen molar-refractivity contribution in [1.29, 1.82) is 0 Å². The van der Waals surface area contributed by atoms with Gasteiger partial charge < -0.3 is 25.8 Å². The highest BCUT2D eigenvalue weighted by atomic mass is 16.5. The SMILES string of the molecule is C=C(C)C(=O)OCC(O)CN1CCCNCCNCCCNCC1. The van der Waals surface area contributed by atoms with E-state index in [2.05, 4.69) is 27.4 Å². The molecule has 0 aromatic heterocycles. The number of nitrogens with zero attached hydrogens (tertiary/aromatic N) is 1. The quantitative estimate of drug-likeness (QED) is 0.389. The first-order chi connectivity index (χ1) is 11.6. The lowest BCUT2D eigenvalue weighted by molar-refractivity contribution is -0.142. The molecule has 1 aliphatic rings. The van der Waals surface area contributed by atoms with E-state index in [1.165, 1.54) is 0 Å². The van der Waals surface area contributed by atoms with Crippen molar-refractivity contribution in [2.24, 2.45) is 0 Å². The average molecular weight is 342 g/mol. The Labute approximate surface area is 145 Å². The van der Waals surface area contributed by atoms with E-state index in [1.807, 2.05) is 0 Å². The molecule has 1 heterocycles. The predicted octanol–water partition coefficient (Wildman–Crippen LogP) is -0.669. The lowest BCUT2D eigenvalue weighted by Crippen LogP contribution is -2.41. The Kier molecular flexibility index (Phi) is 11.7. The van der Waals surface area contributed by atoms with Crippen molar-refractivity contribution in [1.82, 2.24) is 20.9 Å². The van der Waals surface area contributed by atoms with Crippen molar-refractivity contribution < 1.29 is 14.6 Å². The number of β-amino-alcohol motifs (C(OH)–C–C–N with tert-alkyl or cyclic N) is 1. The van der Waals surface area contributed by atoms with E-state index in [-0.39, 0.29) is 6.61 Å². The fourth-order valence-electron chi connectivity index (χ4n) is 2.50. The standard InChI is InChI=1S/C17H34N4O3/c1-15(2)17(23)24-14-16(22)13-21-11-4-7-19-9-8-18-5-3-6-20-10-12-21/h16,18-20,22H,1,3-14H2,2H3. The van der Waals surface area contributed by atoms with Crippen LogP contribution in [-0.4, -0.2) is 87.6 Å². The molecule has 0 aromatic carbocycles. The number of esters is 1. The van der Waals surface area contributed by atoms with Gasteiger partial charge in [0, 0.05) is 38.3 Å². The third-order valence-corrected chi connectivity index (χ3v) is 3.84. The van der Waals surface area contributed by atoms with Crippen LogP contribution in [0, 0.1) is 0 Å². The zero-order chi connectivity index (χ0) is 17.6. The highest BCUT2D eigenvalue weighted by Crippen LogP contribution is 1.99. The number of rotatable bonds is 5. The van der Waals surface area contributed by atoms with Gasteiger partial charge in [0.2, 0.25) is 0 Å². The zero-order valence-corrected chi connectivity index (χ0v) is 15.0. The van der Waals surface area contributed by atoms with Crippen molar-refractivity contribution in [3.63, 3.8) is 0 Å². The molecule has 1 rings (SSSR count). The lowest BCUT2D eigenvalue weighted by Gasteiger charge is -2.25. The Morgan fingerprint density at radius 3 is 2.38 bits per heavy atom. The Hall–Kier alpha value is -0.990. The molecule has 140 valence electrons. The summed E-state index contributed by atoms with van der Waals surface area (Å²) in [5.74, 6) is -0.450. The van der Waals surface area contributed by atoms with Crippen molar-refractivity contribution in [2.45, 2.75) is 25.9 Å². The van der Waals surface area contributed by atoms with E-state index in [9.17, 15) is 9.90 Å². The van der Waals surface area contributed by atoms with Crippen LogP contribution in [-0.2, 0) is 9.53 Å². The molecule has 0 bridgehead atoms. The normalized spacial score (nSPS) is 20.8. The Bertz CT molecular complexity index is 352. The molecule has 7 nitrogen and oxygen atoms in total. The van der Waals surface area contributed by atoms with E-state index in [1.54, 1.807) is 6.92 Å². The number of nitrogens with one attached hydrogen (secondary N) is 3. The molecular weight excluding hydrogens is 308 g/mol. The summed E-state index contributed by atoms with van der Waals surface area (Å²) in [4.78, 5) is 13.6. The van der Waals surface area contributed by atoms with Crippen molar-refractivity contribution in [3.8, 4) is 0 Å². The monoisotopic (exact) mass is 342 g/mol. The molecule has 1 fully saturated rings. The minimum absolute atomic E-state index is 0.0134. The van der Waals surface area contributed by atoms with Crippen molar-refractivity contribution in [3.05, 3.63) is 12.2 Å². The van der Waals surface area contributed by atoms with Gasteiger partial charge in [0.15, 0.2) is 0 Å². The third-order valence-electron chi connectivity index (χ3n) is 3.84. The second-order valence-corrected chi connectivity index (χ2v) is 6.29. The molecule has 7 heteroatoms. The molecule has 0 amide bonds. The Morgan fingerprint density at radius 1 is 1.08 bits per heavy atom. The molecule has 0 saturated carbocycles. The minimum atomic E-state index is -0.677. The highest BCUT2D eigenvalue weighted by Gasteiger charge is 2.14. The van der Waals surface area contributed by atoms with Gasteiger partial charge in [-0.1, -0.05) is 6.58 Å². The number of carbonyl (C=O) groups is 1. The summed E-state index contributed by atoms with van der Waals surface area (Å²) in [5.41, 5.74) is 0.352. The summed E-state index contributed by atoms with van der Waals surface area (Å²) in [5, 5.41) is 20.4.